The first kappa shape index (κ1) is 23.4. The van der Waals surface area contributed by atoms with Gasteiger partial charge in [0.25, 0.3) is 0 Å². The first-order valence-electron chi connectivity index (χ1n) is 8.59. The number of halogens is 1. The van der Waals surface area contributed by atoms with Gasteiger partial charge in [0, 0.05) is 20.1 Å². The second-order valence-corrected chi connectivity index (χ2v) is 7.52. The predicted molar refractivity (Wildman–Crippen MR) is 121 cm³/mol. The van der Waals surface area contributed by atoms with Gasteiger partial charge in [-0.15, -0.1) is 24.0 Å². The minimum absolute atomic E-state index is 0. The number of hydrogen-bond acceptors (Lipinski definition) is 3. The molecule has 0 radical (unpaired) electrons. The highest BCUT2D eigenvalue weighted by Crippen LogP contribution is 2.08. The molecule has 0 aliphatic heterocycles. The number of nitrogens with zero attached hydrogens (tertiary/aromatic N) is 1. The molecule has 0 unspecified atom stereocenters. The molecule has 0 saturated heterocycles. The van der Waals surface area contributed by atoms with Gasteiger partial charge in [0.15, 0.2) is 5.96 Å². The van der Waals surface area contributed by atoms with Crippen LogP contribution in [0.5, 0.6) is 0 Å². The molecule has 0 heterocycles. The van der Waals surface area contributed by atoms with E-state index in [0.29, 0.717) is 6.54 Å². The molecule has 2 rings (SSSR count). The van der Waals surface area contributed by atoms with E-state index in [-0.39, 0.29) is 28.9 Å². The van der Waals surface area contributed by atoms with Gasteiger partial charge < -0.3 is 10.6 Å². The topological polar surface area (TPSA) is 96.6 Å². The molecule has 2 aromatic carbocycles. The van der Waals surface area contributed by atoms with E-state index < -0.39 is 10.0 Å². The number of aliphatic imine (C=N–C) groups is 1. The third-order valence-corrected chi connectivity index (χ3v) is 4.89. The standard InChI is InChI=1S/C19H26N4O2S.HI/c1-21-19(22-14-5-8-16-6-3-2-4-7-16)23-15-13-17-9-11-18(12-10-17)26(20,24)25;/h2-4,6-7,9-12H,5,8,13-15H2,1H3,(H2,20,24,25)(H2,21,22,23);1H. The van der Waals surface area contributed by atoms with Crippen LogP contribution >= 0.6 is 24.0 Å². The molecule has 0 aliphatic carbocycles. The summed E-state index contributed by atoms with van der Waals surface area (Å²) in [5, 5.41) is 11.7. The summed E-state index contributed by atoms with van der Waals surface area (Å²) in [5.74, 6) is 0.763. The van der Waals surface area contributed by atoms with Crippen LogP contribution in [-0.4, -0.2) is 34.5 Å². The van der Waals surface area contributed by atoms with Gasteiger partial charge in [0.2, 0.25) is 10.0 Å². The average molecular weight is 502 g/mol. The largest absolute Gasteiger partial charge is 0.356 e. The third-order valence-electron chi connectivity index (χ3n) is 3.96. The first-order valence-corrected chi connectivity index (χ1v) is 10.1. The zero-order valence-electron chi connectivity index (χ0n) is 15.4. The molecule has 0 fully saturated rings. The van der Waals surface area contributed by atoms with Crippen molar-refractivity contribution in [1.82, 2.24) is 10.6 Å². The van der Waals surface area contributed by atoms with Crippen molar-refractivity contribution in [2.45, 2.75) is 24.2 Å². The Labute approximate surface area is 178 Å². The molecule has 27 heavy (non-hydrogen) atoms. The van der Waals surface area contributed by atoms with Crippen LogP contribution < -0.4 is 15.8 Å². The summed E-state index contributed by atoms with van der Waals surface area (Å²) in [4.78, 5) is 4.34. The van der Waals surface area contributed by atoms with E-state index in [1.165, 1.54) is 17.7 Å². The molecule has 0 bridgehead atoms. The van der Waals surface area contributed by atoms with Gasteiger partial charge in [0.05, 0.1) is 4.90 Å². The molecule has 2 aromatic rings. The van der Waals surface area contributed by atoms with Crippen LogP contribution in [0.2, 0.25) is 0 Å². The Hall–Kier alpha value is -1.65. The maximum Gasteiger partial charge on any atom is 0.238 e. The predicted octanol–water partition coefficient (Wildman–Crippen LogP) is 2.29. The Morgan fingerprint density at radius 2 is 1.52 bits per heavy atom. The number of aryl methyl sites for hydroxylation is 1. The smallest absolute Gasteiger partial charge is 0.238 e. The van der Waals surface area contributed by atoms with Gasteiger partial charge in [-0.1, -0.05) is 42.5 Å². The fourth-order valence-electron chi connectivity index (χ4n) is 2.54. The van der Waals surface area contributed by atoms with Crippen LogP contribution in [0.3, 0.4) is 0 Å². The molecule has 0 amide bonds. The highest BCUT2D eigenvalue weighted by molar-refractivity contribution is 14.0. The van der Waals surface area contributed by atoms with Crippen molar-refractivity contribution in [2.75, 3.05) is 20.1 Å². The molecule has 8 heteroatoms. The normalized spacial score (nSPS) is 11.6. The molecule has 0 saturated carbocycles. The zero-order valence-corrected chi connectivity index (χ0v) is 18.5. The summed E-state index contributed by atoms with van der Waals surface area (Å²) >= 11 is 0. The number of rotatable bonds is 8. The minimum Gasteiger partial charge on any atom is -0.356 e. The lowest BCUT2D eigenvalue weighted by Gasteiger charge is -2.12. The fourth-order valence-corrected chi connectivity index (χ4v) is 3.05. The average Bonchev–Trinajstić information content (AvgIpc) is 2.64. The van der Waals surface area contributed by atoms with E-state index >= 15 is 0 Å². The van der Waals surface area contributed by atoms with Crippen molar-refractivity contribution < 1.29 is 8.42 Å². The molecule has 0 atom stereocenters. The molecule has 0 aromatic heterocycles. The van der Waals surface area contributed by atoms with Crippen molar-refractivity contribution in [2.24, 2.45) is 10.1 Å². The van der Waals surface area contributed by atoms with E-state index in [0.717, 1.165) is 37.3 Å². The zero-order chi connectivity index (χ0) is 18.8. The number of guanidine groups is 1. The fraction of sp³-hybridized carbons (Fsp3) is 0.316. The van der Waals surface area contributed by atoms with Gasteiger partial charge in [-0.25, -0.2) is 13.6 Å². The summed E-state index contributed by atoms with van der Waals surface area (Å²) in [5.41, 5.74) is 2.37. The molecule has 0 spiro atoms. The third kappa shape index (κ3) is 8.72. The van der Waals surface area contributed by atoms with Gasteiger partial charge in [-0.3, -0.25) is 4.99 Å². The Morgan fingerprint density at radius 3 is 2.11 bits per heavy atom. The summed E-state index contributed by atoms with van der Waals surface area (Å²) in [7, 11) is -1.89. The van der Waals surface area contributed by atoms with Crippen molar-refractivity contribution in [3.63, 3.8) is 0 Å². The molecule has 6 nitrogen and oxygen atoms in total. The van der Waals surface area contributed by atoms with Crippen LogP contribution in [0.15, 0.2) is 64.5 Å². The SMILES string of the molecule is CN=C(NCCCc1ccccc1)NCCc1ccc(S(N)(=O)=O)cc1.I. The van der Waals surface area contributed by atoms with Crippen molar-refractivity contribution >= 4 is 40.0 Å². The number of benzene rings is 2. The van der Waals surface area contributed by atoms with Gasteiger partial charge in [-0.2, -0.15) is 0 Å². The summed E-state index contributed by atoms with van der Waals surface area (Å²) in [6, 6.07) is 17.0. The molecule has 148 valence electrons. The molecule has 4 N–H and O–H groups in total. The number of sulfonamides is 1. The lowest BCUT2D eigenvalue weighted by atomic mass is 10.1. The number of nitrogens with two attached hydrogens (primary N) is 1. The van der Waals surface area contributed by atoms with Crippen molar-refractivity contribution in [3.05, 3.63) is 65.7 Å². The number of nitrogens with one attached hydrogen (secondary N) is 2. The highest BCUT2D eigenvalue weighted by atomic mass is 127. The summed E-state index contributed by atoms with van der Waals surface area (Å²) in [6.07, 6.45) is 2.82. The number of hydrogen-bond donors (Lipinski definition) is 3. The van der Waals surface area contributed by atoms with Crippen LogP contribution in [0.1, 0.15) is 17.5 Å². The Bertz CT molecular complexity index is 809. The number of primary sulfonamides is 1. The second kappa shape index (κ2) is 11.9. The van der Waals surface area contributed by atoms with Crippen LogP contribution in [-0.2, 0) is 22.9 Å². The van der Waals surface area contributed by atoms with E-state index in [1.54, 1.807) is 19.2 Å². The van der Waals surface area contributed by atoms with Gasteiger partial charge >= 0.3 is 0 Å². The van der Waals surface area contributed by atoms with E-state index in [9.17, 15) is 8.42 Å². The van der Waals surface area contributed by atoms with E-state index in [4.69, 9.17) is 5.14 Å². The Balaban J connectivity index is 0.00000364. The molecular weight excluding hydrogens is 475 g/mol. The van der Waals surface area contributed by atoms with E-state index in [2.05, 4.69) is 39.9 Å². The van der Waals surface area contributed by atoms with Gasteiger partial charge in [0.1, 0.15) is 0 Å². The monoisotopic (exact) mass is 502 g/mol. The van der Waals surface area contributed by atoms with Gasteiger partial charge in [-0.05, 0) is 42.5 Å². The van der Waals surface area contributed by atoms with Crippen LogP contribution in [0, 0.1) is 0 Å². The Kier molecular flexibility index (Phi) is 10.3. The Morgan fingerprint density at radius 1 is 0.926 bits per heavy atom. The lowest BCUT2D eigenvalue weighted by molar-refractivity contribution is 0.598. The molecular formula is C19H27IN4O2S. The molecule has 0 aliphatic rings. The quantitative estimate of drug-likeness (QED) is 0.223. The van der Waals surface area contributed by atoms with Crippen molar-refractivity contribution in [3.8, 4) is 0 Å². The highest BCUT2D eigenvalue weighted by Gasteiger charge is 2.06. The second-order valence-electron chi connectivity index (χ2n) is 5.95. The maximum absolute atomic E-state index is 11.2. The van der Waals surface area contributed by atoms with Crippen molar-refractivity contribution in [1.29, 1.82) is 0 Å². The van der Waals surface area contributed by atoms with Crippen LogP contribution in [0.25, 0.3) is 0 Å². The first-order chi connectivity index (χ1) is 12.5. The van der Waals surface area contributed by atoms with E-state index in [1.807, 2.05) is 6.07 Å². The summed E-state index contributed by atoms with van der Waals surface area (Å²) < 4.78 is 22.5. The van der Waals surface area contributed by atoms with Crippen LogP contribution in [0.4, 0.5) is 0 Å². The lowest BCUT2D eigenvalue weighted by Crippen LogP contribution is -2.38. The maximum atomic E-state index is 11.2. The minimum atomic E-state index is -3.64. The summed E-state index contributed by atoms with van der Waals surface area (Å²) in [6.45, 7) is 1.55.